The number of rotatable bonds is 7. The number of hydrogen-bond acceptors (Lipinski definition) is 3. The lowest BCUT2D eigenvalue weighted by Crippen LogP contribution is -2.12. The standard InChI is InChI=1S/C11H19N3/c1-14(2)8-6-4-3-5-7-11(9-12)10-13/h12H,3-8H2,1-2H3. The van der Waals surface area contributed by atoms with Crippen molar-refractivity contribution < 1.29 is 0 Å². The highest BCUT2D eigenvalue weighted by atomic mass is 15.0. The third-order valence-electron chi connectivity index (χ3n) is 2.07. The van der Waals surface area contributed by atoms with Gasteiger partial charge in [-0.15, -0.1) is 0 Å². The quantitative estimate of drug-likeness (QED) is 0.383. The molecule has 78 valence electrons. The Hall–Kier alpha value is -1.10. The van der Waals surface area contributed by atoms with E-state index in [1.54, 1.807) is 0 Å². The molecule has 0 unspecified atom stereocenters. The van der Waals surface area contributed by atoms with Gasteiger partial charge in [0.05, 0.1) is 5.57 Å². The molecule has 0 heterocycles. The normalized spacial score (nSPS) is 9.57. The van der Waals surface area contributed by atoms with Crippen LogP contribution in [0.3, 0.4) is 0 Å². The topological polar surface area (TPSA) is 50.9 Å². The monoisotopic (exact) mass is 193 g/mol. The zero-order valence-electron chi connectivity index (χ0n) is 9.14. The van der Waals surface area contributed by atoms with Crippen molar-refractivity contribution in [3.05, 3.63) is 5.57 Å². The second kappa shape index (κ2) is 8.50. The molecule has 3 heteroatoms. The Balaban J connectivity index is 3.31. The lowest BCUT2D eigenvalue weighted by atomic mass is 10.1. The number of hydrogen-bond donors (Lipinski definition) is 1. The Morgan fingerprint density at radius 3 is 2.36 bits per heavy atom. The van der Waals surface area contributed by atoms with Crippen molar-refractivity contribution in [2.75, 3.05) is 20.6 Å². The minimum Gasteiger partial charge on any atom is -0.309 e. The molecule has 0 fully saturated rings. The first kappa shape index (κ1) is 12.9. The Bertz CT molecular complexity index is 231. The maximum absolute atomic E-state index is 8.53. The van der Waals surface area contributed by atoms with Crippen molar-refractivity contribution in [3.63, 3.8) is 0 Å². The summed E-state index contributed by atoms with van der Waals surface area (Å²) in [4.78, 5) is 2.18. The number of unbranched alkanes of at least 4 members (excludes halogenated alkanes) is 3. The van der Waals surface area contributed by atoms with Crippen LogP contribution in [0.1, 0.15) is 32.1 Å². The van der Waals surface area contributed by atoms with Gasteiger partial charge in [-0.25, -0.2) is 0 Å². The summed E-state index contributed by atoms with van der Waals surface area (Å²) in [5.41, 5.74) is 0.470. The largest absolute Gasteiger partial charge is 0.309 e. The van der Waals surface area contributed by atoms with Crippen molar-refractivity contribution in [3.8, 4) is 6.07 Å². The highest BCUT2D eigenvalue weighted by Gasteiger charge is 1.95. The molecule has 0 bridgehead atoms. The smallest absolute Gasteiger partial charge is 0.105 e. The van der Waals surface area contributed by atoms with Crippen LogP contribution in [-0.2, 0) is 0 Å². The fourth-order valence-corrected chi connectivity index (χ4v) is 1.23. The van der Waals surface area contributed by atoms with Crippen LogP contribution in [0.15, 0.2) is 5.57 Å². The summed E-state index contributed by atoms with van der Waals surface area (Å²) >= 11 is 0. The van der Waals surface area contributed by atoms with Gasteiger partial charge in [0.2, 0.25) is 0 Å². The second-order valence-corrected chi connectivity index (χ2v) is 3.68. The molecule has 14 heavy (non-hydrogen) atoms. The predicted octanol–water partition coefficient (Wildman–Crippen LogP) is 2.20. The van der Waals surface area contributed by atoms with E-state index in [0.29, 0.717) is 12.0 Å². The maximum atomic E-state index is 8.53. The molecule has 0 aliphatic heterocycles. The first-order valence-corrected chi connectivity index (χ1v) is 5.04. The summed E-state index contributed by atoms with van der Waals surface area (Å²) in [5.74, 6) is 2.16. The summed E-state index contributed by atoms with van der Waals surface area (Å²) in [6, 6.07) is 1.97. The van der Waals surface area contributed by atoms with Gasteiger partial charge >= 0.3 is 0 Å². The average Bonchev–Trinajstić information content (AvgIpc) is 2.16. The van der Waals surface area contributed by atoms with Gasteiger partial charge in [-0.2, -0.15) is 5.26 Å². The fraction of sp³-hybridized carbons (Fsp3) is 0.727. The Labute approximate surface area is 86.5 Å². The number of allylic oxidation sites excluding steroid dienone is 1. The maximum Gasteiger partial charge on any atom is 0.105 e. The molecular formula is C11H19N3. The van der Waals surface area contributed by atoms with E-state index >= 15 is 0 Å². The van der Waals surface area contributed by atoms with E-state index in [4.69, 9.17) is 10.7 Å². The molecule has 0 rings (SSSR count). The van der Waals surface area contributed by atoms with E-state index in [-0.39, 0.29) is 0 Å². The van der Waals surface area contributed by atoms with E-state index in [9.17, 15) is 0 Å². The van der Waals surface area contributed by atoms with Crippen LogP contribution >= 0.6 is 0 Å². The zero-order valence-corrected chi connectivity index (χ0v) is 9.14. The first-order valence-electron chi connectivity index (χ1n) is 5.04. The van der Waals surface area contributed by atoms with Gasteiger partial charge in [0, 0.05) is 0 Å². The third kappa shape index (κ3) is 7.54. The molecule has 0 aromatic carbocycles. The third-order valence-corrected chi connectivity index (χ3v) is 2.07. The minimum absolute atomic E-state index is 0.470. The molecule has 0 aromatic heterocycles. The Morgan fingerprint density at radius 1 is 1.21 bits per heavy atom. The van der Waals surface area contributed by atoms with E-state index in [2.05, 4.69) is 24.9 Å². The fourth-order valence-electron chi connectivity index (χ4n) is 1.23. The second-order valence-electron chi connectivity index (χ2n) is 3.68. The SMILES string of the molecule is CN(C)CCCCCCC(=C=N)C#N. The van der Waals surface area contributed by atoms with Gasteiger partial charge in [-0.1, -0.05) is 12.8 Å². The average molecular weight is 193 g/mol. The number of nitrogens with zero attached hydrogens (tertiary/aromatic N) is 2. The molecule has 0 spiro atoms. The van der Waals surface area contributed by atoms with Gasteiger partial charge in [-0.3, -0.25) is 5.41 Å². The van der Waals surface area contributed by atoms with Gasteiger partial charge < -0.3 is 4.90 Å². The van der Waals surface area contributed by atoms with Crippen LogP contribution in [0.4, 0.5) is 0 Å². The van der Waals surface area contributed by atoms with E-state index < -0.39 is 0 Å². The molecule has 3 nitrogen and oxygen atoms in total. The summed E-state index contributed by atoms with van der Waals surface area (Å²) in [6.07, 6.45) is 5.27. The first-order chi connectivity index (χ1) is 6.70. The van der Waals surface area contributed by atoms with Crippen molar-refractivity contribution in [2.45, 2.75) is 32.1 Å². The molecule has 0 aliphatic rings. The van der Waals surface area contributed by atoms with Gasteiger partial charge in [0.15, 0.2) is 0 Å². The van der Waals surface area contributed by atoms with Crippen LogP contribution in [0, 0.1) is 16.7 Å². The highest BCUT2D eigenvalue weighted by molar-refractivity contribution is 5.60. The lowest BCUT2D eigenvalue weighted by molar-refractivity contribution is 0.390. The van der Waals surface area contributed by atoms with Gasteiger partial charge in [0.25, 0.3) is 0 Å². The number of nitrogens with one attached hydrogen (secondary N) is 1. The molecule has 0 saturated carbocycles. The molecule has 0 aromatic rings. The van der Waals surface area contributed by atoms with Crippen LogP contribution in [-0.4, -0.2) is 31.4 Å². The van der Waals surface area contributed by atoms with Crippen LogP contribution in [0.2, 0.25) is 0 Å². The Morgan fingerprint density at radius 2 is 1.86 bits per heavy atom. The van der Waals surface area contributed by atoms with E-state index in [1.807, 2.05) is 6.07 Å². The van der Waals surface area contributed by atoms with E-state index in [0.717, 1.165) is 19.4 Å². The molecule has 0 radical (unpaired) electrons. The van der Waals surface area contributed by atoms with E-state index in [1.165, 1.54) is 12.8 Å². The molecule has 0 atom stereocenters. The number of nitriles is 1. The highest BCUT2D eigenvalue weighted by Crippen LogP contribution is 2.07. The van der Waals surface area contributed by atoms with Crippen molar-refractivity contribution in [2.24, 2.45) is 0 Å². The minimum atomic E-state index is 0.470. The molecule has 0 aliphatic carbocycles. The van der Waals surface area contributed by atoms with Crippen LogP contribution in [0.5, 0.6) is 0 Å². The summed E-state index contributed by atoms with van der Waals surface area (Å²) in [6.45, 7) is 1.13. The molecular weight excluding hydrogens is 174 g/mol. The molecule has 0 saturated heterocycles. The summed E-state index contributed by atoms with van der Waals surface area (Å²) in [5, 5.41) is 15.3. The van der Waals surface area contributed by atoms with Crippen molar-refractivity contribution in [1.29, 1.82) is 10.7 Å². The van der Waals surface area contributed by atoms with Crippen LogP contribution in [0.25, 0.3) is 0 Å². The van der Waals surface area contributed by atoms with Gasteiger partial charge in [0.1, 0.15) is 6.07 Å². The Kier molecular flexibility index (Phi) is 7.83. The lowest BCUT2D eigenvalue weighted by Gasteiger charge is -2.08. The van der Waals surface area contributed by atoms with Gasteiger partial charge in [-0.05, 0) is 45.8 Å². The zero-order chi connectivity index (χ0) is 10.8. The van der Waals surface area contributed by atoms with Crippen molar-refractivity contribution in [1.82, 2.24) is 4.90 Å². The van der Waals surface area contributed by atoms with Crippen LogP contribution < -0.4 is 0 Å². The summed E-state index contributed by atoms with van der Waals surface area (Å²) < 4.78 is 0. The predicted molar refractivity (Wildman–Crippen MR) is 58.5 cm³/mol. The summed E-state index contributed by atoms with van der Waals surface area (Å²) in [7, 11) is 4.15. The van der Waals surface area contributed by atoms with Crippen molar-refractivity contribution >= 4 is 5.87 Å². The molecule has 1 N–H and O–H groups in total. The molecule has 0 amide bonds.